The first-order valence-corrected chi connectivity index (χ1v) is 6.34. The zero-order valence-corrected chi connectivity index (χ0v) is 11.8. The lowest BCUT2D eigenvalue weighted by atomic mass is 10.1. The minimum absolute atomic E-state index is 0.0347. The second kappa shape index (κ2) is 5.32. The number of hydrogen-bond donors (Lipinski definition) is 2. The number of nitrogen functional groups attached to an aromatic ring is 1. The summed E-state index contributed by atoms with van der Waals surface area (Å²) in [6.45, 7) is 1.95. The van der Waals surface area contributed by atoms with Crippen LogP contribution in [0.2, 0.25) is 0 Å². The number of carboxylic acid groups (broad SMARTS) is 1. The van der Waals surface area contributed by atoms with Gasteiger partial charge in [0.05, 0.1) is 10.2 Å². The number of rotatable bonds is 3. The highest BCUT2D eigenvalue weighted by Crippen LogP contribution is 2.35. The van der Waals surface area contributed by atoms with Crippen molar-refractivity contribution < 1.29 is 14.6 Å². The Hall–Kier alpha value is -2.01. The van der Waals surface area contributed by atoms with Crippen molar-refractivity contribution in [3.63, 3.8) is 0 Å². The maximum atomic E-state index is 11.2. The Bertz CT molecular complexity index is 641. The van der Waals surface area contributed by atoms with Gasteiger partial charge >= 0.3 is 5.97 Å². The predicted octanol–water partition coefficient (Wildman–Crippen LogP) is 3.83. The average Bonchev–Trinajstić information content (AvgIpc) is 2.34. The Labute approximate surface area is 118 Å². The monoisotopic (exact) mass is 321 g/mol. The molecule has 5 heteroatoms. The van der Waals surface area contributed by atoms with Crippen LogP contribution in [-0.2, 0) is 0 Å². The van der Waals surface area contributed by atoms with Gasteiger partial charge in [-0.25, -0.2) is 4.79 Å². The van der Waals surface area contributed by atoms with E-state index in [-0.39, 0.29) is 17.0 Å². The maximum absolute atomic E-state index is 11.2. The molecule has 0 spiro atoms. The van der Waals surface area contributed by atoms with Gasteiger partial charge in [0.2, 0.25) is 0 Å². The molecule has 0 aliphatic carbocycles. The van der Waals surface area contributed by atoms with E-state index in [0.29, 0.717) is 5.75 Å². The molecule has 0 fully saturated rings. The van der Waals surface area contributed by atoms with Crippen molar-refractivity contribution in [3.05, 3.63) is 52.0 Å². The maximum Gasteiger partial charge on any atom is 0.339 e. The normalized spacial score (nSPS) is 10.2. The zero-order valence-electron chi connectivity index (χ0n) is 10.2. The highest BCUT2D eigenvalue weighted by atomic mass is 79.9. The van der Waals surface area contributed by atoms with Gasteiger partial charge < -0.3 is 15.6 Å². The Kier molecular flexibility index (Phi) is 3.76. The van der Waals surface area contributed by atoms with Gasteiger partial charge in [-0.3, -0.25) is 0 Å². The lowest BCUT2D eigenvalue weighted by molar-refractivity contribution is 0.0694. The molecule has 0 saturated carbocycles. The van der Waals surface area contributed by atoms with Gasteiger partial charge in [0.15, 0.2) is 5.75 Å². The summed E-state index contributed by atoms with van der Waals surface area (Å²) in [6.07, 6.45) is 0. The third-order valence-corrected chi connectivity index (χ3v) is 3.20. The number of para-hydroxylation sites is 1. The minimum atomic E-state index is -1.08. The molecule has 4 nitrogen and oxygen atoms in total. The number of carbonyl (C=O) groups is 1. The first-order chi connectivity index (χ1) is 8.99. The van der Waals surface area contributed by atoms with Crippen molar-refractivity contribution in [2.24, 2.45) is 0 Å². The first kappa shape index (κ1) is 13.4. The van der Waals surface area contributed by atoms with Crippen LogP contribution < -0.4 is 10.5 Å². The van der Waals surface area contributed by atoms with Gasteiger partial charge in [-0.1, -0.05) is 12.1 Å². The van der Waals surface area contributed by atoms with Crippen molar-refractivity contribution in [1.29, 1.82) is 0 Å². The second-order valence-corrected chi connectivity index (χ2v) is 4.92. The van der Waals surface area contributed by atoms with Crippen molar-refractivity contribution in [3.8, 4) is 11.5 Å². The number of hydrogen-bond acceptors (Lipinski definition) is 3. The third-order valence-electron chi connectivity index (χ3n) is 2.58. The molecular formula is C14H12BrNO3. The van der Waals surface area contributed by atoms with E-state index >= 15 is 0 Å². The summed E-state index contributed by atoms with van der Waals surface area (Å²) in [5, 5.41) is 9.13. The molecule has 0 bridgehead atoms. The number of ether oxygens (including phenoxy) is 1. The van der Waals surface area contributed by atoms with Crippen LogP contribution in [0.15, 0.2) is 40.9 Å². The van der Waals surface area contributed by atoms with Gasteiger partial charge in [0, 0.05) is 0 Å². The van der Waals surface area contributed by atoms with Gasteiger partial charge in [0.1, 0.15) is 11.3 Å². The molecule has 3 N–H and O–H groups in total. The zero-order chi connectivity index (χ0) is 14.0. The molecule has 2 aromatic carbocycles. The fourth-order valence-corrected chi connectivity index (χ4v) is 2.21. The lowest BCUT2D eigenvalue weighted by Gasteiger charge is -2.12. The van der Waals surface area contributed by atoms with Crippen molar-refractivity contribution >= 4 is 27.6 Å². The van der Waals surface area contributed by atoms with Gasteiger partial charge in [0.25, 0.3) is 0 Å². The quantitative estimate of drug-likeness (QED) is 0.843. The van der Waals surface area contributed by atoms with Gasteiger partial charge in [-0.15, -0.1) is 0 Å². The predicted molar refractivity (Wildman–Crippen MR) is 76.8 cm³/mol. The number of nitrogens with two attached hydrogens (primary N) is 1. The molecule has 0 amide bonds. The fraction of sp³-hybridized carbons (Fsp3) is 0.0714. The second-order valence-electron chi connectivity index (χ2n) is 4.07. The number of aryl methyl sites for hydroxylation is 1. The van der Waals surface area contributed by atoms with E-state index in [1.54, 1.807) is 18.2 Å². The molecule has 0 heterocycles. The summed E-state index contributed by atoms with van der Waals surface area (Å²) >= 11 is 3.38. The van der Waals surface area contributed by atoms with Crippen molar-refractivity contribution in [2.45, 2.75) is 6.92 Å². The number of benzene rings is 2. The van der Waals surface area contributed by atoms with Crippen LogP contribution in [-0.4, -0.2) is 11.1 Å². The number of carboxylic acids is 1. The molecule has 0 radical (unpaired) electrons. The van der Waals surface area contributed by atoms with Crippen LogP contribution in [0.4, 0.5) is 5.69 Å². The van der Waals surface area contributed by atoms with E-state index in [9.17, 15) is 4.79 Å². The number of halogens is 1. The molecule has 2 rings (SSSR count). The number of anilines is 1. The standard InChI is InChI=1S/C14H12BrNO3/c1-8-5-6-12(10(15)7-8)19-13-9(14(17)18)3-2-4-11(13)16/h2-7H,16H2,1H3,(H,17,18). The van der Waals surface area contributed by atoms with E-state index in [0.717, 1.165) is 10.0 Å². The molecule has 0 unspecified atom stereocenters. The molecule has 0 aliphatic rings. The molecule has 98 valence electrons. The topological polar surface area (TPSA) is 72.5 Å². The molecule has 0 atom stereocenters. The van der Waals surface area contributed by atoms with E-state index < -0.39 is 5.97 Å². The molecular weight excluding hydrogens is 310 g/mol. The average molecular weight is 322 g/mol. The van der Waals surface area contributed by atoms with Crippen LogP contribution in [0.5, 0.6) is 11.5 Å². The van der Waals surface area contributed by atoms with Crippen LogP contribution in [0.3, 0.4) is 0 Å². The summed E-state index contributed by atoms with van der Waals surface area (Å²) in [5.41, 5.74) is 7.17. The Balaban J connectivity index is 2.46. The van der Waals surface area contributed by atoms with Crippen LogP contribution in [0, 0.1) is 6.92 Å². The summed E-state index contributed by atoms with van der Waals surface area (Å²) in [4.78, 5) is 11.2. The highest BCUT2D eigenvalue weighted by Gasteiger charge is 2.15. The van der Waals surface area contributed by atoms with E-state index in [2.05, 4.69) is 15.9 Å². The van der Waals surface area contributed by atoms with Crippen molar-refractivity contribution in [1.82, 2.24) is 0 Å². The van der Waals surface area contributed by atoms with Gasteiger partial charge in [-0.2, -0.15) is 0 Å². The minimum Gasteiger partial charge on any atom is -0.478 e. The smallest absolute Gasteiger partial charge is 0.339 e. The van der Waals surface area contributed by atoms with Gasteiger partial charge in [-0.05, 0) is 52.7 Å². The molecule has 0 saturated heterocycles. The van der Waals surface area contributed by atoms with E-state index in [1.165, 1.54) is 6.07 Å². The van der Waals surface area contributed by atoms with Crippen LogP contribution >= 0.6 is 15.9 Å². The fourth-order valence-electron chi connectivity index (χ4n) is 1.64. The van der Waals surface area contributed by atoms with Crippen LogP contribution in [0.1, 0.15) is 15.9 Å². The Morgan fingerprint density at radius 1 is 1.32 bits per heavy atom. The highest BCUT2D eigenvalue weighted by molar-refractivity contribution is 9.10. The summed E-state index contributed by atoms with van der Waals surface area (Å²) in [5.74, 6) is -0.406. The SMILES string of the molecule is Cc1ccc(Oc2c(N)cccc2C(=O)O)c(Br)c1. The van der Waals surface area contributed by atoms with E-state index in [4.69, 9.17) is 15.6 Å². The molecule has 0 aliphatic heterocycles. The van der Waals surface area contributed by atoms with Crippen molar-refractivity contribution in [2.75, 3.05) is 5.73 Å². The summed E-state index contributed by atoms with van der Waals surface area (Å²) in [6, 6.07) is 10.2. The Morgan fingerprint density at radius 3 is 2.68 bits per heavy atom. The molecule has 0 aromatic heterocycles. The third kappa shape index (κ3) is 2.88. The number of aromatic carboxylic acids is 1. The lowest BCUT2D eigenvalue weighted by Crippen LogP contribution is -2.03. The van der Waals surface area contributed by atoms with E-state index in [1.807, 2.05) is 19.1 Å². The summed E-state index contributed by atoms with van der Waals surface area (Å²) in [7, 11) is 0. The molecule has 2 aromatic rings. The summed E-state index contributed by atoms with van der Waals surface area (Å²) < 4.78 is 6.38. The van der Waals surface area contributed by atoms with Crippen LogP contribution in [0.25, 0.3) is 0 Å². The molecule has 19 heavy (non-hydrogen) atoms. The first-order valence-electron chi connectivity index (χ1n) is 5.55. The largest absolute Gasteiger partial charge is 0.478 e. The Morgan fingerprint density at radius 2 is 2.05 bits per heavy atom.